The maximum absolute atomic E-state index is 12.2. The van der Waals surface area contributed by atoms with E-state index in [4.69, 9.17) is 4.42 Å². The van der Waals surface area contributed by atoms with Gasteiger partial charge in [0.1, 0.15) is 0 Å². The summed E-state index contributed by atoms with van der Waals surface area (Å²) in [5, 5.41) is 12.6. The topological polar surface area (TPSA) is 82.8 Å². The molecule has 110 valence electrons. The molecule has 3 rings (SSSR count). The summed E-state index contributed by atoms with van der Waals surface area (Å²) in [6.07, 6.45) is 1.01. The Morgan fingerprint density at radius 2 is 2.24 bits per heavy atom. The molecule has 0 radical (unpaired) electrons. The van der Waals surface area contributed by atoms with E-state index >= 15 is 0 Å². The highest BCUT2D eigenvalue weighted by atomic mass is 32.1. The molecule has 2 N–H and O–H groups in total. The Morgan fingerprint density at radius 1 is 1.48 bits per heavy atom. The van der Waals surface area contributed by atoms with Gasteiger partial charge in [-0.15, -0.1) is 11.3 Å². The molecule has 2 aromatic rings. The molecule has 0 spiro atoms. The largest absolute Gasteiger partial charge is 0.459 e. The molecule has 1 fully saturated rings. The Morgan fingerprint density at radius 3 is 2.86 bits per heavy atom. The van der Waals surface area contributed by atoms with Crippen LogP contribution in [0.2, 0.25) is 0 Å². The van der Waals surface area contributed by atoms with Crippen LogP contribution in [0.4, 0.5) is 5.00 Å². The van der Waals surface area contributed by atoms with Gasteiger partial charge < -0.3 is 19.7 Å². The van der Waals surface area contributed by atoms with Crippen LogP contribution in [0.1, 0.15) is 25.8 Å². The third-order valence-electron chi connectivity index (χ3n) is 3.24. The van der Waals surface area contributed by atoms with Crippen molar-refractivity contribution in [1.29, 1.82) is 0 Å². The number of hydrogen-bond donors (Lipinski definition) is 2. The summed E-state index contributed by atoms with van der Waals surface area (Å²) in [6, 6.07) is 4.97. The molecule has 0 saturated carbocycles. The SMILES string of the molecule is Cc1cc(NC(=O)c2ccco2)sc1C(=O)N1CC(O)C1. The minimum atomic E-state index is -0.424. The zero-order valence-corrected chi connectivity index (χ0v) is 12.1. The minimum absolute atomic E-state index is 0.110. The van der Waals surface area contributed by atoms with Crippen molar-refractivity contribution in [3.05, 3.63) is 40.7 Å². The van der Waals surface area contributed by atoms with Crippen molar-refractivity contribution in [3.63, 3.8) is 0 Å². The highest BCUT2D eigenvalue weighted by molar-refractivity contribution is 7.18. The van der Waals surface area contributed by atoms with Gasteiger partial charge >= 0.3 is 0 Å². The van der Waals surface area contributed by atoms with E-state index in [2.05, 4.69) is 5.32 Å². The Labute approximate surface area is 125 Å². The van der Waals surface area contributed by atoms with Crippen LogP contribution in [-0.4, -0.2) is 41.0 Å². The lowest BCUT2D eigenvalue weighted by Gasteiger charge is -2.35. The summed E-state index contributed by atoms with van der Waals surface area (Å²) >= 11 is 1.23. The third kappa shape index (κ3) is 2.70. The molecule has 2 aromatic heterocycles. The van der Waals surface area contributed by atoms with E-state index in [1.54, 1.807) is 23.1 Å². The molecule has 2 amide bonds. The Kier molecular flexibility index (Phi) is 3.52. The van der Waals surface area contributed by atoms with Crippen LogP contribution >= 0.6 is 11.3 Å². The smallest absolute Gasteiger partial charge is 0.291 e. The van der Waals surface area contributed by atoms with Crippen LogP contribution in [-0.2, 0) is 0 Å². The summed E-state index contributed by atoms with van der Waals surface area (Å²) in [7, 11) is 0. The van der Waals surface area contributed by atoms with Crippen molar-refractivity contribution in [1.82, 2.24) is 4.90 Å². The average Bonchev–Trinajstić information content (AvgIpc) is 3.04. The molecule has 0 aliphatic carbocycles. The lowest BCUT2D eigenvalue weighted by molar-refractivity contribution is 0.00618. The highest BCUT2D eigenvalue weighted by Gasteiger charge is 2.31. The summed E-state index contributed by atoms with van der Waals surface area (Å²) < 4.78 is 5.02. The van der Waals surface area contributed by atoms with E-state index in [0.717, 1.165) is 5.56 Å². The van der Waals surface area contributed by atoms with Gasteiger partial charge in [-0.2, -0.15) is 0 Å². The van der Waals surface area contributed by atoms with Gasteiger partial charge in [0.2, 0.25) is 0 Å². The predicted molar refractivity (Wildman–Crippen MR) is 77.6 cm³/mol. The Bertz CT molecular complexity index is 671. The van der Waals surface area contributed by atoms with Crippen molar-refractivity contribution in [2.75, 3.05) is 18.4 Å². The molecular weight excluding hydrogens is 292 g/mol. The number of likely N-dealkylation sites (tertiary alicyclic amines) is 1. The number of aliphatic hydroxyl groups is 1. The number of aryl methyl sites for hydroxylation is 1. The van der Waals surface area contributed by atoms with Crippen molar-refractivity contribution in [3.8, 4) is 0 Å². The number of aliphatic hydroxyl groups excluding tert-OH is 1. The molecule has 0 unspecified atom stereocenters. The fourth-order valence-corrected chi connectivity index (χ4v) is 3.14. The van der Waals surface area contributed by atoms with Crippen LogP contribution in [0, 0.1) is 6.92 Å². The predicted octanol–water partition coefficient (Wildman–Crippen LogP) is 1.72. The molecule has 3 heterocycles. The second kappa shape index (κ2) is 5.34. The molecule has 6 nitrogen and oxygen atoms in total. The number of rotatable bonds is 3. The summed E-state index contributed by atoms with van der Waals surface area (Å²) in [6.45, 7) is 2.55. The van der Waals surface area contributed by atoms with Crippen LogP contribution in [0.15, 0.2) is 28.9 Å². The molecule has 1 aliphatic heterocycles. The number of nitrogens with one attached hydrogen (secondary N) is 1. The van der Waals surface area contributed by atoms with E-state index in [9.17, 15) is 14.7 Å². The van der Waals surface area contributed by atoms with Gasteiger partial charge in [0, 0.05) is 13.1 Å². The number of β-amino-alcohol motifs (C(OH)–C–C–N with tert-alkyl or cyclic N) is 1. The first-order valence-corrected chi connectivity index (χ1v) is 7.29. The number of hydrogen-bond acceptors (Lipinski definition) is 5. The van der Waals surface area contributed by atoms with Gasteiger partial charge in [-0.3, -0.25) is 9.59 Å². The van der Waals surface area contributed by atoms with Crippen LogP contribution in [0.25, 0.3) is 0 Å². The molecule has 1 saturated heterocycles. The van der Waals surface area contributed by atoms with Gasteiger partial charge in [-0.25, -0.2) is 0 Å². The number of carbonyl (C=O) groups excluding carboxylic acids is 2. The van der Waals surface area contributed by atoms with E-state index in [0.29, 0.717) is 23.0 Å². The molecule has 0 bridgehead atoms. The number of anilines is 1. The second-order valence-electron chi connectivity index (χ2n) is 4.92. The first kappa shape index (κ1) is 13.8. The monoisotopic (exact) mass is 306 g/mol. The van der Waals surface area contributed by atoms with Crippen molar-refractivity contribution >= 4 is 28.2 Å². The van der Waals surface area contributed by atoms with Crippen molar-refractivity contribution in [2.24, 2.45) is 0 Å². The number of furan rings is 1. The van der Waals surface area contributed by atoms with Crippen molar-refractivity contribution < 1.29 is 19.1 Å². The zero-order chi connectivity index (χ0) is 15.0. The van der Waals surface area contributed by atoms with Gasteiger partial charge in [0.25, 0.3) is 11.8 Å². The summed E-state index contributed by atoms with van der Waals surface area (Å²) in [5.41, 5.74) is 0.807. The third-order valence-corrected chi connectivity index (χ3v) is 4.38. The van der Waals surface area contributed by atoms with Gasteiger partial charge in [-0.05, 0) is 30.7 Å². The van der Waals surface area contributed by atoms with Crippen LogP contribution in [0.5, 0.6) is 0 Å². The molecule has 21 heavy (non-hydrogen) atoms. The first-order valence-electron chi connectivity index (χ1n) is 6.47. The number of carbonyl (C=O) groups is 2. The minimum Gasteiger partial charge on any atom is -0.459 e. The van der Waals surface area contributed by atoms with E-state index in [-0.39, 0.29) is 17.6 Å². The highest BCUT2D eigenvalue weighted by Crippen LogP contribution is 2.29. The molecular formula is C14H14N2O4S. The second-order valence-corrected chi connectivity index (χ2v) is 5.97. The maximum Gasteiger partial charge on any atom is 0.291 e. The Balaban J connectivity index is 1.72. The zero-order valence-electron chi connectivity index (χ0n) is 11.3. The van der Waals surface area contributed by atoms with Gasteiger partial charge in [0.05, 0.1) is 22.2 Å². The van der Waals surface area contributed by atoms with Gasteiger partial charge in [0.15, 0.2) is 5.76 Å². The number of amides is 2. The lowest BCUT2D eigenvalue weighted by Crippen LogP contribution is -2.53. The number of thiophene rings is 1. The molecule has 0 atom stereocenters. The Hall–Kier alpha value is -2.12. The first-order chi connectivity index (χ1) is 10.0. The van der Waals surface area contributed by atoms with E-state index in [1.165, 1.54) is 17.6 Å². The fourth-order valence-electron chi connectivity index (χ4n) is 2.10. The average molecular weight is 306 g/mol. The van der Waals surface area contributed by atoms with Crippen LogP contribution < -0.4 is 5.32 Å². The quantitative estimate of drug-likeness (QED) is 0.904. The maximum atomic E-state index is 12.2. The normalized spacial score (nSPS) is 14.9. The molecule has 0 aromatic carbocycles. The molecule has 7 heteroatoms. The van der Waals surface area contributed by atoms with Gasteiger partial charge in [-0.1, -0.05) is 0 Å². The van der Waals surface area contributed by atoms with Crippen molar-refractivity contribution in [2.45, 2.75) is 13.0 Å². The molecule has 1 aliphatic rings. The standard InChI is InChI=1S/C14H14N2O4S/c1-8-5-11(15-13(18)10-3-2-4-20-10)21-12(8)14(19)16-6-9(17)7-16/h2-5,9,17H,6-7H2,1H3,(H,15,18). The fraction of sp³-hybridized carbons (Fsp3) is 0.286. The summed E-state index contributed by atoms with van der Waals surface area (Å²) in [4.78, 5) is 26.3. The number of nitrogens with zero attached hydrogens (tertiary/aromatic N) is 1. The van der Waals surface area contributed by atoms with E-state index < -0.39 is 6.10 Å². The summed E-state index contributed by atoms with van der Waals surface area (Å²) in [5.74, 6) is -0.235. The lowest BCUT2D eigenvalue weighted by atomic mass is 10.1. The van der Waals surface area contributed by atoms with Crippen LogP contribution in [0.3, 0.4) is 0 Å². The van der Waals surface area contributed by atoms with E-state index in [1.807, 2.05) is 6.92 Å².